The Labute approximate surface area is 251 Å². The first-order valence-electron chi connectivity index (χ1n) is 14.4. The highest BCUT2D eigenvalue weighted by Gasteiger charge is 2.26. The van der Waals surface area contributed by atoms with E-state index in [0.29, 0.717) is 39.1 Å². The minimum absolute atomic E-state index is 0.0171. The Bertz CT molecular complexity index is 1650. The number of carbonyl (C=O) groups is 2. The van der Waals surface area contributed by atoms with Gasteiger partial charge in [-0.1, -0.05) is 60.7 Å². The number of aliphatic hydroxyl groups excluding tert-OH is 1. The second-order valence-corrected chi connectivity index (χ2v) is 10.9. The van der Waals surface area contributed by atoms with E-state index in [-0.39, 0.29) is 5.56 Å². The van der Waals surface area contributed by atoms with Gasteiger partial charge in [-0.15, -0.1) is 0 Å². The summed E-state index contributed by atoms with van der Waals surface area (Å²) in [6.07, 6.45) is 3.19. The number of amides is 1. The number of hydrogen-bond acceptors (Lipinski definition) is 6. The molecule has 3 aromatic carbocycles. The molecule has 0 radical (unpaired) electrons. The van der Waals surface area contributed by atoms with Gasteiger partial charge in [-0.3, -0.25) is 14.4 Å². The van der Waals surface area contributed by atoms with E-state index in [9.17, 15) is 19.5 Å². The zero-order valence-corrected chi connectivity index (χ0v) is 24.5. The van der Waals surface area contributed by atoms with Gasteiger partial charge >= 0.3 is 0 Å². The van der Waals surface area contributed by atoms with Crippen molar-refractivity contribution in [2.45, 2.75) is 13.0 Å². The average Bonchev–Trinajstić information content (AvgIpc) is 3.03. The van der Waals surface area contributed by atoms with Gasteiger partial charge in [0.25, 0.3) is 11.5 Å². The predicted octanol–water partition coefficient (Wildman–Crippen LogP) is 4.37. The maximum Gasteiger partial charge on any atom is 0.294 e. The monoisotopic (exact) mass is 576 g/mol. The van der Waals surface area contributed by atoms with Crippen molar-refractivity contribution in [3.05, 3.63) is 136 Å². The molecule has 0 unspecified atom stereocenters. The molecule has 8 nitrogen and oxygen atoms in total. The minimum Gasteiger partial charge on any atom is -0.507 e. The standard InChI is InChI=1S/C35H36N4O4/c1-36(2)29-13-15-30(16-14-29)37-17-19-38(20-18-37)35(43)33(41)23-32(40)31-22-28(21-26-9-5-3-6-10-26)25-39(34(31)42)24-27-11-7-4-8-12-27/h3-16,22-23,25,40H,17-21,24H2,1-2H3. The van der Waals surface area contributed by atoms with Gasteiger partial charge in [-0.2, -0.15) is 0 Å². The van der Waals surface area contributed by atoms with Gasteiger partial charge < -0.3 is 24.4 Å². The molecule has 0 spiro atoms. The van der Waals surface area contributed by atoms with Crippen LogP contribution in [-0.4, -0.2) is 66.5 Å². The molecular weight excluding hydrogens is 540 g/mol. The molecule has 0 atom stereocenters. The van der Waals surface area contributed by atoms with Gasteiger partial charge in [0.15, 0.2) is 0 Å². The molecule has 43 heavy (non-hydrogen) atoms. The fourth-order valence-corrected chi connectivity index (χ4v) is 5.26. The molecule has 0 bridgehead atoms. The second kappa shape index (κ2) is 13.2. The van der Waals surface area contributed by atoms with Gasteiger partial charge in [0.2, 0.25) is 5.78 Å². The summed E-state index contributed by atoms with van der Waals surface area (Å²) in [5.41, 5.74) is 4.47. The number of ketones is 1. The van der Waals surface area contributed by atoms with Crippen LogP contribution < -0.4 is 15.4 Å². The Kier molecular flexibility index (Phi) is 9.05. The fourth-order valence-electron chi connectivity index (χ4n) is 5.26. The van der Waals surface area contributed by atoms with Crippen molar-refractivity contribution in [1.82, 2.24) is 9.47 Å². The molecule has 0 aliphatic carbocycles. The van der Waals surface area contributed by atoms with E-state index < -0.39 is 23.0 Å². The molecular formula is C35H36N4O4. The fraction of sp³-hybridized carbons (Fsp3) is 0.229. The number of benzene rings is 3. The minimum atomic E-state index is -0.858. The average molecular weight is 577 g/mol. The third-order valence-electron chi connectivity index (χ3n) is 7.64. The summed E-state index contributed by atoms with van der Waals surface area (Å²) in [4.78, 5) is 45.2. The molecule has 2 heterocycles. The number of rotatable bonds is 9. The highest BCUT2D eigenvalue weighted by molar-refractivity contribution is 6.41. The molecule has 1 aliphatic rings. The van der Waals surface area contributed by atoms with Gasteiger partial charge in [-0.05, 0) is 53.4 Å². The molecule has 1 saturated heterocycles. The van der Waals surface area contributed by atoms with Crippen LogP contribution in [-0.2, 0) is 22.6 Å². The van der Waals surface area contributed by atoms with Crippen molar-refractivity contribution in [2.75, 3.05) is 50.1 Å². The van der Waals surface area contributed by atoms with E-state index in [1.807, 2.05) is 91.8 Å². The van der Waals surface area contributed by atoms with Crippen LogP contribution in [0.3, 0.4) is 0 Å². The number of aliphatic hydroxyl groups is 1. The maximum absolute atomic E-state index is 13.4. The number of hydrogen-bond donors (Lipinski definition) is 1. The summed E-state index contributed by atoms with van der Waals surface area (Å²) in [7, 11) is 3.98. The number of piperazine rings is 1. The number of pyridine rings is 1. The van der Waals surface area contributed by atoms with Crippen molar-refractivity contribution in [1.29, 1.82) is 0 Å². The summed E-state index contributed by atoms with van der Waals surface area (Å²) in [5, 5.41) is 11.0. The van der Waals surface area contributed by atoms with Crippen LogP contribution in [0.1, 0.15) is 22.3 Å². The van der Waals surface area contributed by atoms with E-state index in [0.717, 1.165) is 34.1 Å². The quantitative estimate of drug-likeness (QED) is 0.181. The summed E-state index contributed by atoms with van der Waals surface area (Å²) in [6.45, 7) is 2.23. The molecule has 1 fully saturated rings. The highest BCUT2D eigenvalue weighted by atomic mass is 16.3. The van der Waals surface area contributed by atoms with E-state index in [2.05, 4.69) is 17.0 Å². The largest absolute Gasteiger partial charge is 0.507 e. The lowest BCUT2D eigenvalue weighted by atomic mass is 10.0. The SMILES string of the molecule is CN(C)c1ccc(N2CCN(C(=O)C(=O)C=C(O)c3cc(Cc4ccccc4)cn(Cc4ccccc4)c3=O)CC2)cc1. The first kappa shape index (κ1) is 29.4. The third-order valence-corrected chi connectivity index (χ3v) is 7.64. The molecule has 4 aromatic rings. The molecule has 220 valence electrons. The van der Waals surface area contributed by atoms with Gasteiger partial charge in [0, 0.05) is 63.9 Å². The molecule has 1 N–H and O–H groups in total. The lowest BCUT2D eigenvalue weighted by molar-refractivity contribution is -0.142. The summed E-state index contributed by atoms with van der Waals surface area (Å²) >= 11 is 0. The molecule has 8 heteroatoms. The summed E-state index contributed by atoms with van der Waals surface area (Å²) in [6, 6.07) is 29.1. The number of nitrogens with zero attached hydrogens (tertiary/aromatic N) is 4. The third kappa shape index (κ3) is 7.22. The van der Waals surface area contributed by atoms with Gasteiger partial charge in [0.05, 0.1) is 12.1 Å². The van der Waals surface area contributed by atoms with Crippen molar-refractivity contribution in [2.24, 2.45) is 0 Å². The van der Waals surface area contributed by atoms with Crippen molar-refractivity contribution < 1.29 is 14.7 Å². The van der Waals surface area contributed by atoms with E-state index in [1.54, 1.807) is 12.3 Å². The van der Waals surface area contributed by atoms with Crippen LogP contribution in [0, 0.1) is 0 Å². The zero-order chi connectivity index (χ0) is 30.3. The van der Waals surface area contributed by atoms with Gasteiger partial charge in [0.1, 0.15) is 5.76 Å². The predicted molar refractivity (Wildman–Crippen MR) is 171 cm³/mol. The second-order valence-electron chi connectivity index (χ2n) is 10.9. The molecule has 5 rings (SSSR count). The van der Waals surface area contributed by atoms with E-state index in [4.69, 9.17) is 0 Å². The highest BCUT2D eigenvalue weighted by Crippen LogP contribution is 2.21. The van der Waals surface area contributed by atoms with Gasteiger partial charge in [-0.25, -0.2) is 0 Å². The number of anilines is 2. The van der Waals surface area contributed by atoms with Crippen molar-refractivity contribution in [3.8, 4) is 0 Å². The maximum atomic E-state index is 13.4. The Morgan fingerprint density at radius 2 is 1.42 bits per heavy atom. The molecule has 0 saturated carbocycles. The molecule has 1 amide bonds. The van der Waals surface area contributed by atoms with Crippen molar-refractivity contribution >= 4 is 28.8 Å². The van der Waals surface area contributed by atoms with E-state index in [1.165, 1.54) is 9.47 Å². The smallest absolute Gasteiger partial charge is 0.294 e. The topological polar surface area (TPSA) is 86.1 Å². The number of carbonyl (C=O) groups excluding carboxylic acids is 2. The Hall–Kier alpha value is -5.11. The summed E-state index contributed by atoms with van der Waals surface area (Å²) in [5.74, 6) is -2.07. The van der Waals surface area contributed by atoms with E-state index >= 15 is 0 Å². The Balaban J connectivity index is 1.32. The normalized spacial score (nSPS) is 13.6. The Morgan fingerprint density at radius 3 is 2.02 bits per heavy atom. The summed E-state index contributed by atoms with van der Waals surface area (Å²) < 4.78 is 1.53. The zero-order valence-electron chi connectivity index (χ0n) is 24.5. The lowest BCUT2D eigenvalue weighted by Crippen LogP contribution is -2.50. The van der Waals surface area contributed by atoms with Crippen LogP contribution >= 0.6 is 0 Å². The Morgan fingerprint density at radius 1 is 0.814 bits per heavy atom. The van der Waals surface area contributed by atoms with Crippen LogP contribution in [0.15, 0.2) is 108 Å². The van der Waals surface area contributed by atoms with Crippen LogP contribution in [0.4, 0.5) is 11.4 Å². The lowest BCUT2D eigenvalue weighted by Gasteiger charge is -2.35. The first-order valence-corrected chi connectivity index (χ1v) is 14.4. The first-order chi connectivity index (χ1) is 20.8. The van der Waals surface area contributed by atoms with Crippen molar-refractivity contribution in [3.63, 3.8) is 0 Å². The number of aromatic nitrogens is 1. The van der Waals surface area contributed by atoms with Crippen LogP contribution in [0.2, 0.25) is 0 Å². The van der Waals surface area contributed by atoms with Crippen LogP contribution in [0.25, 0.3) is 5.76 Å². The van der Waals surface area contributed by atoms with Crippen LogP contribution in [0.5, 0.6) is 0 Å². The molecule has 1 aromatic heterocycles. The molecule has 1 aliphatic heterocycles.